The predicted molar refractivity (Wildman–Crippen MR) is 74.2 cm³/mol. The summed E-state index contributed by atoms with van der Waals surface area (Å²) in [6, 6.07) is 8.40. The molecule has 6 heteroatoms. The lowest BCUT2D eigenvalue weighted by atomic mass is 10.0. The fraction of sp³-hybridized carbons (Fsp3) is 0.154. The SMILES string of the molecule is Cc1ccsc1/C(Cc1ccccc1[N+](=O)[O-])=N/O. The average molecular weight is 276 g/mol. The smallest absolute Gasteiger partial charge is 0.272 e. The standard InChI is InChI=1S/C13H12N2O3S/c1-9-6-7-19-13(9)11(14-16)8-10-4-2-3-5-12(10)15(17)18/h2-7,16H,8H2,1H3/b14-11+. The first-order valence-corrected chi connectivity index (χ1v) is 6.49. The summed E-state index contributed by atoms with van der Waals surface area (Å²) in [6.45, 7) is 1.91. The topological polar surface area (TPSA) is 75.7 Å². The van der Waals surface area contributed by atoms with E-state index < -0.39 is 4.92 Å². The van der Waals surface area contributed by atoms with Crippen molar-refractivity contribution in [1.29, 1.82) is 0 Å². The molecule has 0 aliphatic rings. The van der Waals surface area contributed by atoms with Crippen LogP contribution in [0.3, 0.4) is 0 Å². The molecule has 1 heterocycles. The van der Waals surface area contributed by atoms with E-state index in [4.69, 9.17) is 5.21 Å². The van der Waals surface area contributed by atoms with E-state index in [2.05, 4.69) is 5.16 Å². The molecule has 0 amide bonds. The Morgan fingerprint density at radius 1 is 1.42 bits per heavy atom. The van der Waals surface area contributed by atoms with Gasteiger partial charge in [0.15, 0.2) is 0 Å². The molecule has 0 aliphatic carbocycles. The van der Waals surface area contributed by atoms with Crippen molar-refractivity contribution in [3.05, 3.63) is 61.8 Å². The van der Waals surface area contributed by atoms with Crippen LogP contribution < -0.4 is 0 Å². The fourth-order valence-electron chi connectivity index (χ4n) is 1.85. The van der Waals surface area contributed by atoms with Crippen LogP contribution in [0, 0.1) is 17.0 Å². The van der Waals surface area contributed by atoms with Crippen molar-refractivity contribution in [2.24, 2.45) is 5.16 Å². The molecule has 0 bridgehead atoms. The van der Waals surface area contributed by atoms with Crippen LogP contribution in [0.15, 0.2) is 40.9 Å². The minimum atomic E-state index is -0.425. The zero-order valence-electron chi connectivity index (χ0n) is 10.2. The van der Waals surface area contributed by atoms with E-state index in [9.17, 15) is 10.1 Å². The molecule has 0 unspecified atom stereocenters. The fourth-order valence-corrected chi connectivity index (χ4v) is 2.76. The molecular weight excluding hydrogens is 264 g/mol. The largest absolute Gasteiger partial charge is 0.411 e. The molecule has 0 spiro atoms. The van der Waals surface area contributed by atoms with Gasteiger partial charge in [0.25, 0.3) is 5.69 Å². The molecular formula is C13H12N2O3S. The third-order valence-corrected chi connectivity index (χ3v) is 3.86. The van der Waals surface area contributed by atoms with Crippen molar-refractivity contribution >= 4 is 22.7 Å². The highest BCUT2D eigenvalue weighted by Crippen LogP contribution is 2.23. The second-order valence-electron chi connectivity index (χ2n) is 4.04. The molecule has 19 heavy (non-hydrogen) atoms. The van der Waals surface area contributed by atoms with Crippen LogP contribution in [0.1, 0.15) is 16.0 Å². The number of para-hydroxylation sites is 1. The highest BCUT2D eigenvalue weighted by atomic mass is 32.1. The Morgan fingerprint density at radius 2 is 2.16 bits per heavy atom. The summed E-state index contributed by atoms with van der Waals surface area (Å²) in [5, 5.41) is 25.3. The molecule has 2 aromatic rings. The summed E-state index contributed by atoms with van der Waals surface area (Å²) in [7, 11) is 0. The molecule has 0 radical (unpaired) electrons. The van der Waals surface area contributed by atoms with E-state index in [1.165, 1.54) is 17.4 Å². The lowest BCUT2D eigenvalue weighted by molar-refractivity contribution is -0.385. The third-order valence-electron chi connectivity index (χ3n) is 2.79. The maximum Gasteiger partial charge on any atom is 0.272 e. The summed E-state index contributed by atoms with van der Waals surface area (Å²) in [4.78, 5) is 11.4. The highest BCUT2D eigenvalue weighted by molar-refractivity contribution is 7.12. The first kappa shape index (κ1) is 13.2. The maximum absolute atomic E-state index is 11.0. The van der Waals surface area contributed by atoms with E-state index in [1.807, 2.05) is 18.4 Å². The highest BCUT2D eigenvalue weighted by Gasteiger charge is 2.17. The molecule has 0 aliphatic heterocycles. The zero-order valence-corrected chi connectivity index (χ0v) is 11.1. The average Bonchev–Trinajstić information content (AvgIpc) is 2.82. The summed E-state index contributed by atoms with van der Waals surface area (Å²) >= 11 is 1.46. The third kappa shape index (κ3) is 2.79. The van der Waals surface area contributed by atoms with Gasteiger partial charge in [0.05, 0.1) is 9.80 Å². The van der Waals surface area contributed by atoms with Crippen LogP contribution in [-0.4, -0.2) is 15.8 Å². The Labute approximate surface area is 114 Å². The molecule has 2 rings (SSSR count). The zero-order chi connectivity index (χ0) is 13.8. The van der Waals surface area contributed by atoms with Gasteiger partial charge in [-0.15, -0.1) is 11.3 Å². The van der Waals surface area contributed by atoms with Gasteiger partial charge in [0, 0.05) is 18.1 Å². The van der Waals surface area contributed by atoms with Crippen LogP contribution in [-0.2, 0) is 6.42 Å². The van der Waals surface area contributed by atoms with Crippen molar-refractivity contribution < 1.29 is 10.1 Å². The molecule has 0 atom stereocenters. The lowest BCUT2D eigenvalue weighted by Crippen LogP contribution is -2.07. The van der Waals surface area contributed by atoms with Crippen molar-refractivity contribution in [2.45, 2.75) is 13.3 Å². The van der Waals surface area contributed by atoms with E-state index in [0.717, 1.165) is 10.4 Å². The number of nitrogens with zero attached hydrogens (tertiary/aromatic N) is 2. The quantitative estimate of drug-likeness (QED) is 0.402. The van der Waals surface area contributed by atoms with Gasteiger partial charge >= 0.3 is 0 Å². The second kappa shape index (κ2) is 5.62. The van der Waals surface area contributed by atoms with E-state index in [-0.39, 0.29) is 12.1 Å². The van der Waals surface area contributed by atoms with Gasteiger partial charge < -0.3 is 5.21 Å². The van der Waals surface area contributed by atoms with Gasteiger partial charge in [-0.05, 0) is 23.9 Å². The second-order valence-corrected chi connectivity index (χ2v) is 4.96. The van der Waals surface area contributed by atoms with Crippen molar-refractivity contribution in [3.8, 4) is 0 Å². The summed E-state index contributed by atoms with van der Waals surface area (Å²) in [6.07, 6.45) is 0.231. The Morgan fingerprint density at radius 3 is 2.74 bits per heavy atom. The molecule has 1 N–H and O–H groups in total. The molecule has 0 fully saturated rings. The molecule has 0 saturated carbocycles. The number of nitro groups is 1. The van der Waals surface area contributed by atoms with Crippen LogP contribution in [0.25, 0.3) is 0 Å². The summed E-state index contributed by atoms with van der Waals surface area (Å²) in [5.74, 6) is 0. The number of oxime groups is 1. The Balaban J connectivity index is 2.35. The van der Waals surface area contributed by atoms with Gasteiger partial charge in [-0.1, -0.05) is 23.4 Å². The summed E-state index contributed by atoms with van der Waals surface area (Å²) in [5.41, 5.74) is 2.02. The minimum Gasteiger partial charge on any atom is -0.411 e. The molecule has 98 valence electrons. The van der Waals surface area contributed by atoms with Gasteiger partial charge in [-0.2, -0.15) is 0 Å². The number of rotatable bonds is 4. The first-order valence-electron chi connectivity index (χ1n) is 5.61. The van der Waals surface area contributed by atoms with Crippen molar-refractivity contribution in [3.63, 3.8) is 0 Å². The number of thiophene rings is 1. The molecule has 0 saturated heterocycles. The number of aryl methyl sites for hydroxylation is 1. The molecule has 1 aromatic carbocycles. The monoisotopic (exact) mass is 276 g/mol. The number of nitro benzene ring substituents is 1. The summed E-state index contributed by atoms with van der Waals surface area (Å²) < 4.78 is 0. The van der Waals surface area contributed by atoms with Gasteiger partial charge in [0.2, 0.25) is 0 Å². The van der Waals surface area contributed by atoms with Gasteiger partial charge in [0.1, 0.15) is 5.71 Å². The van der Waals surface area contributed by atoms with Crippen molar-refractivity contribution in [1.82, 2.24) is 0 Å². The molecule has 5 nitrogen and oxygen atoms in total. The van der Waals surface area contributed by atoms with Crippen LogP contribution in [0.5, 0.6) is 0 Å². The van der Waals surface area contributed by atoms with Crippen molar-refractivity contribution in [2.75, 3.05) is 0 Å². The molecule has 1 aromatic heterocycles. The van der Waals surface area contributed by atoms with E-state index in [1.54, 1.807) is 18.2 Å². The Kier molecular flexibility index (Phi) is 3.91. The van der Waals surface area contributed by atoms with Crippen LogP contribution >= 0.6 is 11.3 Å². The Hall–Kier alpha value is -2.21. The van der Waals surface area contributed by atoms with Crippen LogP contribution in [0.4, 0.5) is 5.69 Å². The Bertz CT molecular complexity index is 634. The van der Waals surface area contributed by atoms with Gasteiger partial charge in [-0.25, -0.2) is 0 Å². The maximum atomic E-state index is 11.0. The first-order chi connectivity index (χ1) is 9.13. The minimum absolute atomic E-state index is 0.0397. The van der Waals surface area contributed by atoms with E-state index >= 15 is 0 Å². The lowest BCUT2D eigenvalue weighted by Gasteiger charge is -2.05. The number of hydrogen-bond acceptors (Lipinski definition) is 5. The van der Waals surface area contributed by atoms with Crippen LogP contribution in [0.2, 0.25) is 0 Å². The number of benzene rings is 1. The van der Waals surface area contributed by atoms with Gasteiger partial charge in [-0.3, -0.25) is 10.1 Å². The number of hydrogen-bond donors (Lipinski definition) is 1. The normalized spacial score (nSPS) is 11.5. The van der Waals surface area contributed by atoms with E-state index in [0.29, 0.717) is 11.3 Å². The predicted octanol–water partition coefficient (Wildman–Crippen LogP) is 3.39.